The molecular formula is C24H32NO3S. The third-order valence-electron chi connectivity index (χ3n) is 5.94. The lowest BCUT2D eigenvalue weighted by Gasteiger charge is -2.40. The molecule has 0 spiro atoms. The summed E-state index contributed by atoms with van der Waals surface area (Å²) in [6.45, 7) is 9.19. The van der Waals surface area contributed by atoms with Crippen LogP contribution in [0, 0.1) is 6.92 Å². The van der Waals surface area contributed by atoms with Crippen LogP contribution in [-0.4, -0.2) is 37.8 Å². The Hall–Kier alpha value is -1.85. The van der Waals surface area contributed by atoms with Crippen LogP contribution in [-0.2, 0) is 16.4 Å². The van der Waals surface area contributed by atoms with Gasteiger partial charge in [0.1, 0.15) is 5.75 Å². The predicted octanol–water partition coefficient (Wildman–Crippen LogP) is 4.90. The zero-order chi connectivity index (χ0) is 20.7. The Labute approximate surface area is 175 Å². The van der Waals surface area contributed by atoms with Crippen molar-refractivity contribution in [3.63, 3.8) is 0 Å². The Kier molecular flexibility index (Phi) is 7.36. The van der Waals surface area contributed by atoms with E-state index in [4.69, 9.17) is 4.74 Å². The topological polar surface area (TPSA) is 46.6 Å². The molecule has 157 valence electrons. The predicted molar refractivity (Wildman–Crippen MR) is 118 cm³/mol. The van der Waals surface area contributed by atoms with Gasteiger partial charge in [0.15, 0.2) is 9.84 Å². The molecule has 0 amide bonds. The molecule has 2 aromatic carbocycles. The zero-order valence-electron chi connectivity index (χ0n) is 17.3. The lowest BCUT2D eigenvalue weighted by atomic mass is 9.93. The summed E-state index contributed by atoms with van der Waals surface area (Å²) in [5, 5.41) is 0. The fraction of sp³-hybridized carbons (Fsp3) is 0.458. The molecule has 2 aromatic rings. The molecule has 0 aromatic heterocycles. The molecule has 1 radical (unpaired) electrons. The van der Waals surface area contributed by atoms with Gasteiger partial charge in [-0.15, -0.1) is 0 Å². The van der Waals surface area contributed by atoms with E-state index in [9.17, 15) is 8.42 Å². The SMILES string of the molecule is [CH2]CC1(S(=O)(=O)c2ccc(OCCCC)cc2)CCN(Cc2ccccc2)CC1. The average molecular weight is 415 g/mol. The van der Waals surface area contributed by atoms with Crippen molar-refractivity contribution in [2.45, 2.75) is 55.2 Å². The number of hydrogen-bond donors (Lipinski definition) is 0. The van der Waals surface area contributed by atoms with Gasteiger partial charge in [-0.1, -0.05) is 50.6 Å². The van der Waals surface area contributed by atoms with Gasteiger partial charge in [0.2, 0.25) is 0 Å². The zero-order valence-corrected chi connectivity index (χ0v) is 18.2. The number of ether oxygens (including phenoxy) is 1. The Morgan fingerprint density at radius 2 is 1.69 bits per heavy atom. The fourth-order valence-electron chi connectivity index (χ4n) is 3.91. The van der Waals surface area contributed by atoms with Crippen molar-refractivity contribution in [1.29, 1.82) is 0 Å². The van der Waals surface area contributed by atoms with Crippen molar-refractivity contribution in [3.8, 4) is 5.75 Å². The highest BCUT2D eigenvalue weighted by Gasteiger charge is 2.45. The first kappa shape index (κ1) is 21.8. The number of nitrogens with zero attached hydrogens (tertiary/aromatic N) is 1. The minimum absolute atomic E-state index is 0.375. The van der Waals surface area contributed by atoms with E-state index >= 15 is 0 Å². The Bertz CT molecular complexity index is 855. The molecule has 1 aliphatic rings. The van der Waals surface area contributed by atoms with E-state index in [2.05, 4.69) is 30.9 Å². The minimum Gasteiger partial charge on any atom is -0.494 e. The number of benzene rings is 2. The summed E-state index contributed by atoms with van der Waals surface area (Å²) < 4.78 is 31.8. The summed E-state index contributed by atoms with van der Waals surface area (Å²) in [7, 11) is -3.46. The Morgan fingerprint density at radius 1 is 1.03 bits per heavy atom. The molecule has 3 rings (SSSR count). The second kappa shape index (κ2) is 9.77. The monoisotopic (exact) mass is 414 g/mol. The molecule has 5 heteroatoms. The van der Waals surface area contributed by atoms with Crippen LogP contribution in [0.4, 0.5) is 0 Å². The molecule has 1 saturated heterocycles. The average Bonchev–Trinajstić information content (AvgIpc) is 2.75. The van der Waals surface area contributed by atoms with E-state index < -0.39 is 14.6 Å². The van der Waals surface area contributed by atoms with Gasteiger partial charge in [-0.25, -0.2) is 8.42 Å². The van der Waals surface area contributed by atoms with Crippen LogP contribution < -0.4 is 4.74 Å². The number of likely N-dealkylation sites (tertiary alicyclic amines) is 1. The van der Waals surface area contributed by atoms with Gasteiger partial charge in [-0.2, -0.15) is 0 Å². The summed E-state index contributed by atoms with van der Waals surface area (Å²) in [6, 6.07) is 17.2. The lowest BCUT2D eigenvalue weighted by Crippen LogP contribution is -2.48. The van der Waals surface area contributed by atoms with Crippen LogP contribution in [0.1, 0.15) is 44.6 Å². The van der Waals surface area contributed by atoms with Crippen LogP contribution in [0.5, 0.6) is 5.75 Å². The molecule has 1 fully saturated rings. The van der Waals surface area contributed by atoms with Crippen molar-refractivity contribution in [3.05, 3.63) is 67.1 Å². The maximum absolute atomic E-state index is 13.5. The normalized spacial score (nSPS) is 17.2. The Balaban J connectivity index is 1.68. The maximum Gasteiger partial charge on any atom is 0.184 e. The standard InChI is InChI=1S/C24H32NO3S/c1-3-5-19-28-22-11-13-23(14-12-22)29(26,27)24(4-2)15-17-25(18-16-24)20-21-9-7-6-8-10-21/h6-14H,2-5,15-20H2,1H3. The van der Waals surface area contributed by atoms with E-state index in [1.807, 2.05) is 18.2 Å². The van der Waals surface area contributed by atoms with Gasteiger partial charge in [0, 0.05) is 19.6 Å². The van der Waals surface area contributed by atoms with E-state index in [0.717, 1.165) is 38.2 Å². The minimum atomic E-state index is -3.46. The van der Waals surface area contributed by atoms with Crippen molar-refractivity contribution in [2.24, 2.45) is 0 Å². The molecule has 0 saturated carbocycles. The second-order valence-corrected chi connectivity index (χ2v) is 10.2. The highest BCUT2D eigenvalue weighted by molar-refractivity contribution is 7.92. The van der Waals surface area contributed by atoms with Gasteiger partial charge >= 0.3 is 0 Å². The number of rotatable bonds is 9. The largest absolute Gasteiger partial charge is 0.494 e. The molecule has 0 unspecified atom stereocenters. The first-order chi connectivity index (χ1) is 14.0. The van der Waals surface area contributed by atoms with Crippen LogP contribution in [0.2, 0.25) is 0 Å². The molecule has 1 heterocycles. The van der Waals surface area contributed by atoms with Crippen molar-refractivity contribution in [2.75, 3.05) is 19.7 Å². The molecular weight excluding hydrogens is 382 g/mol. The molecule has 0 aliphatic carbocycles. The van der Waals surface area contributed by atoms with Crippen LogP contribution in [0.25, 0.3) is 0 Å². The highest BCUT2D eigenvalue weighted by Crippen LogP contribution is 2.38. The van der Waals surface area contributed by atoms with E-state index in [-0.39, 0.29) is 0 Å². The molecule has 0 atom stereocenters. The van der Waals surface area contributed by atoms with Crippen LogP contribution in [0.15, 0.2) is 59.5 Å². The summed E-state index contributed by atoms with van der Waals surface area (Å²) >= 11 is 0. The van der Waals surface area contributed by atoms with Crippen molar-refractivity contribution < 1.29 is 13.2 Å². The number of sulfone groups is 1. The van der Waals surface area contributed by atoms with E-state index in [1.54, 1.807) is 24.3 Å². The van der Waals surface area contributed by atoms with Crippen molar-refractivity contribution in [1.82, 2.24) is 4.90 Å². The summed E-state index contributed by atoms with van der Waals surface area (Å²) in [4.78, 5) is 2.71. The number of hydrogen-bond acceptors (Lipinski definition) is 4. The third kappa shape index (κ3) is 5.01. The molecule has 0 N–H and O–H groups in total. The van der Waals surface area contributed by atoms with Gasteiger partial charge in [0.05, 0.1) is 16.2 Å². The van der Waals surface area contributed by atoms with Gasteiger partial charge < -0.3 is 4.74 Å². The summed E-state index contributed by atoms with van der Waals surface area (Å²) in [5.74, 6) is 0.721. The number of piperidine rings is 1. The quantitative estimate of drug-likeness (QED) is 0.548. The summed E-state index contributed by atoms with van der Waals surface area (Å²) in [6.07, 6.45) is 3.67. The van der Waals surface area contributed by atoms with E-state index in [1.165, 1.54) is 5.56 Å². The summed E-state index contributed by atoms with van der Waals surface area (Å²) in [5.41, 5.74) is 1.26. The molecule has 1 aliphatic heterocycles. The first-order valence-corrected chi connectivity index (χ1v) is 12.0. The van der Waals surface area contributed by atoms with Gasteiger partial charge in [-0.05, 0) is 55.5 Å². The molecule has 29 heavy (non-hydrogen) atoms. The van der Waals surface area contributed by atoms with Crippen molar-refractivity contribution >= 4 is 9.84 Å². The smallest absolute Gasteiger partial charge is 0.184 e. The van der Waals surface area contributed by atoms with Gasteiger partial charge in [-0.3, -0.25) is 4.90 Å². The van der Waals surface area contributed by atoms with Crippen LogP contribution >= 0.6 is 0 Å². The lowest BCUT2D eigenvalue weighted by molar-refractivity contribution is 0.188. The first-order valence-electron chi connectivity index (χ1n) is 10.5. The van der Waals surface area contributed by atoms with E-state index in [0.29, 0.717) is 30.8 Å². The fourth-order valence-corrected chi connectivity index (χ4v) is 5.90. The molecule has 4 nitrogen and oxygen atoms in total. The third-order valence-corrected chi connectivity index (χ3v) is 8.59. The second-order valence-electron chi connectivity index (χ2n) is 7.87. The maximum atomic E-state index is 13.5. The Morgan fingerprint density at radius 3 is 2.28 bits per heavy atom. The molecule has 0 bridgehead atoms. The number of unbranched alkanes of at least 4 members (excludes halogenated alkanes) is 1. The highest BCUT2D eigenvalue weighted by atomic mass is 32.2. The van der Waals surface area contributed by atoms with Gasteiger partial charge in [0.25, 0.3) is 0 Å². The van der Waals surface area contributed by atoms with Crippen LogP contribution in [0.3, 0.4) is 0 Å².